The molecule has 108 valence electrons. The zero-order valence-electron chi connectivity index (χ0n) is 12.6. The van der Waals surface area contributed by atoms with Crippen molar-refractivity contribution >= 4 is 5.91 Å². The Hall–Kier alpha value is -0.610. The van der Waals surface area contributed by atoms with E-state index in [4.69, 9.17) is 5.73 Å². The molecule has 3 N–H and O–H groups in total. The normalized spacial score (nSPS) is 11.9. The van der Waals surface area contributed by atoms with Gasteiger partial charge in [-0.3, -0.25) is 4.79 Å². The molecule has 1 amide bonds. The van der Waals surface area contributed by atoms with Gasteiger partial charge in [-0.05, 0) is 33.9 Å². The number of amides is 1. The fourth-order valence-corrected chi connectivity index (χ4v) is 1.69. The number of hydrogen-bond acceptors (Lipinski definition) is 3. The number of carbonyl (C=O) groups is 1. The van der Waals surface area contributed by atoms with Crippen LogP contribution in [0.3, 0.4) is 0 Å². The van der Waals surface area contributed by atoms with Crippen molar-refractivity contribution in [3.63, 3.8) is 0 Å². The molecule has 0 fully saturated rings. The SMILES string of the molecule is CCCCCCCN(C)CCNC(=O)C(C)(C)N. The lowest BCUT2D eigenvalue weighted by Crippen LogP contribution is -2.50. The molecule has 0 aromatic heterocycles. The van der Waals surface area contributed by atoms with Gasteiger partial charge in [0.25, 0.3) is 0 Å². The molecule has 0 bridgehead atoms. The van der Waals surface area contributed by atoms with Crippen LogP contribution in [0.15, 0.2) is 0 Å². The fourth-order valence-electron chi connectivity index (χ4n) is 1.69. The number of carbonyl (C=O) groups excluding carboxylic acids is 1. The quantitative estimate of drug-likeness (QED) is 0.586. The number of likely N-dealkylation sites (N-methyl/N-ethyl adjacent to an activating group) is 1. The highest BCUT2D eigenvalue weighted by Crippen LogP contribution is 2.02. The van der Waals surface area contributed by atoms with E-state index in [0.29, 0.717) is 6.54 Å². The first-order valence-corrected chi connectivity index (χ1v) is 7.13. The van der Waals surface area contributed by atoms with Crippen LogP contribution in [0, 0.1) is 0 Å². The van der Waals surface area contributed by atoms with Crippen molar-refractivity contribution in [2.45, 2.75) is 58.4 Å². The summed E-state index contributed by atoms with van der Waals surface area (Å²) in [4.78, 5) is 13.8. The first-order chi connectivity index (χ1) is 8.38. The highest BCUT2D eigenvalue weighted by Gasteiger charge is 2.20. The van der Waals surface area contributed by atoms with E-state index in [2.05, 4.69) is 24.2 Å². The minimum atomic E-state index is -0.779. The minimum Gasteiger partial charge on any atom is -0.353 e. The maximum absolute atomic E-state index is 11.5. The average molecular weight is 257 g/mol. The highest BCUT2D eigenvalue weighted by atomic mass is 16.2. The van der Waals surface area contributed by atoms with Gasteiger partial charge in [0.2, 0.25) is 5.91 Å². The van der Waals surface area contributed by atoms with Crippen molar-refractivity contribution in [3.05, 3.63) is 0 Å². The molecule has 0 aliphatic carbocycles. The van der Waals surface area contributed by atoms with Crippen molar-refractivity contribution < 1.29 is 4.79 Å². The van der Waals surface area contributed by atoms with Crippen LogP contribution in [0.2, 0.25) is 0 Å². The second-order valence-corrected chi connectivity index (χ2v) is 5.70. The van der Waals surface area contributed by atoms with E-state index in [1.54, 1.807) is 13.8 Å². The van der Waals surface area contributed by atoms with E-state index in [1.165, 1.54) is 32.1 Å². The lowest BCUT2D eigenvalue weighted by molar-refractivity contribution is -0.125. The van der Waals surface area contributed by atoms with E-state index in [0.717, 1.165) is 13.1 Å². The van der Waals surface area contributed by atoms with Crippen molar-refractivity contribution in [3.8, 4) is 0 Å². The van der Waals surface area contributed by atoms with Gasteiger partial charge in [0.05, 0.1) is 5.54 Å². The molecule has 18 heavy (non-hydrogen) atoms. The number of unbranched alkanes of at least 4 members (excludes halogenated alkanes) is 4. The van der Waals surface area contributed by atoms with Crippen LogP contribution < -0.4 is 11.1 Å². The van der Waals surface area contributed by atoms with Crippen LogP contribution in [-0.4, -0.2) is 43.0 Å². The Kier molecular flexibility index (Phi) is 9.02. The molecule has 4 heteroatoms. The molecule has 0 aliphatic rings. The highest BCUT2D eigenvalue weighted by molar-refractivity contribution is 5.84. The lowest BCUT2D eigenvalue weighted by Gasteiger charge is -2.20. The molecule has 0 spiro atoms. The standard InChI is InChI=1S/C14H31N3O/c1-5-6-7-8-9-11-17(4)12-10-16-13(18)14(2,3)15/h5-12,15H2,1-4H3,(H,16,18). The zero-order chi connectivity index (χ0) is 14.0. The fraction of sp³-hybridized carbons (Fsp3) is 0.929. The predicted molar refractivity (Wildman–Crippen MR) is 77.5 cm³/mol. The third-order valence-corrected chi connectivity index (χ3v) is 3.01. The third kappa shape index (κ3) is 9.42. The van der Waals surface area contributed by atoms with Gasteiger partial charge >= 0.3 is 0 Å². The maximum atomic E-state index is 11.5. The van der Waals surface area contributed by atoms with Gasteiger partial charge in [-0.1, -0.05) is 32.6 Å². The molecular weight excluding hydrogens is 226 g/mol. The van der Waals surface area contributed by atoms with Crippen molar-refractivity contribution in [2.75, 3.05) is 26.7 Å². The first-order valence-electron chi connectivity index (χ1n) is 7.13. The van der Waals surface area contributed by atoms with E-state index in [1.807, 2.05) is 0 Å². The van der Waals surface area contributed by atoms with Gasteiger partial charge in [-0.25, -0.2) is 0 Å². The van der Waals surface area contributed by atoms with Crippen LogP contribution in [0.4, 0.5) is 0 Å². The molecule has 4 nitrogen and oxygen atoms in total. The van der Waals surface area contributed by atoms with Crippen molar-refractivity contribution in [2.24, 2.45) is 5.73 Å². The predicted octanol–water partition coefficient (Wildman–Crippen LogP) is 1.74. The van der Waals surface area contributed by atoms with Crippen LogP contribution in [-0.2, 0) is 4.79 Å². The number of hydrogen-bond donors (Lipinski definition) is 2. The Bertz CT molecular complexity index is 224. The summed E-state index contributed by atoms with van der Waals surface area (Å²) in [6, 6.07) is 0. The lowest BCUT2D eigenvalue weighted by atomic mass is 10.1. The summed E-state index contributed by atoms with van der Waals surface area (Å²) in [5.74, 6) is -0.0844. The maximum Gasteiger partial charge on any atom is 0.239 e. The van der Waals surface area contributed by atoms with Gasteiger partial charge in [0.1, 0.15) is 0 Å². The molecule has 0 atom stereocenters. The summed E-state index contributed by atoms with van der Waals surface area (Å²) in [7, 11) is 2.10. The van der Waals surface area contributed by atoms with E-state index in [9.17, 15) is 4.79 Å². The number of nitrogens with two attached hydrogens (primary N) is 1. The molecule has 0 saturated heterocycles. The summed E-state index contributed by atoms with van der Waals surface area (Å²) in [5, 5.41) is 2.86. The minimum absolute atomic E-state index is 0.0844. The van der Waals surface area contributed by atoms with Crippen LogP contribution in [0.1, 0.15) is 52.9 Å². The molecule has 0 aromatic carbocycles. The summed E-state index contributed by atoms with van der Waals surface area (Å²) >= 11 is 0. The van der Waals surface area contributed by atoms with E-state index < -0.39 is 5.54 Å². The largest absolute Gasteiger partial charge is 0.353 e. The van der Waals surface area contributed by atoms with Crippen LogP contribution >= 0.6 is 0 Å². The molecular formula is C14H31N3O. The van der Waals surface area contributed by atoms with E-state index in [-0.39, 0.29) is 5.91 Å². The topological polar surface area (TPSA) is 58.4 Å². The Balaban J connectivity index is 3.48. The Labute approximate surface area is 112 Å². The molecule has 0 aromatic rings. The van der Waals surface area contributed by atoms with Gasteiger partial charge in [0.15, 0.2) is 0 Å². The Morgan fingerprint density at radius 3 is 2.33 bits per heavy atom. The van der Waals surface area contributed by atoms with Crippen LogP contribution in [0.25, 0.3) is 0 Å². The second-order valence-electron chi connectivity index (χ2n) is 5.70. The average Bonchev–Trinajstić information content (AvgIpc) is 2.27. The monoisotopic (exact) mass is 257 g/mol. The zero-order valence-corrected chi connectivity index (χ0v) is 12.6. The first kappa shape index (κ1) is 17.4. The third-order valence-electron chi connectivity index (χ3n) is 3.01. The van der Waals surface area contributed by atoms with Crippen LogP contribution in [0.5, 0.6) is 0 Å². The molecule has 0 rings (SSSR count). The Morgan fingerprint density at radius 2 is 1.78 bits per heavy atom. The van der Waals surface area contributed by atoms with Gasteiger partial charge in [-0.15, -0.1) is 0 Å². The number of rotatable bonds is 10. The number of nitrogens with one attached hydrogen (secondary N) is 1. The van der Waals surface area contributed by atoms with Gasteiger partial charge in [0, 0.05) is 13.1 Å². The smallest absolute Gasteiger partial charge is 0.239 e. The Morgan fingerprint density at radius 1 is 1.17 bits per heavy atom. The molecule has 0 saturated carbocycles. The summed E-state index contributed by atoms with van der Waals surface area (Å²) in [5.41, 5.74) is 4.92. The summed E-state index contributed by atoms with van der Waals surface area (Å²) in [6.45, 7) is 8.33. The summed E-state index contributed by atoms with van der Waals surface area (Å²) in [6.07, 6.45) is 6.51. The van der Waals surface area contributed by atoms with Gasteiger partial charge < -0.3 is 16.0 Å². The molecule has 0 radical (unpaired) electrons. The summed E-state index contributed by atoms with van der Waals surface area (Å²) < 4.78 is 0. The second kappa shape index (κ2) is 9.34. The molecule has 0 aliphatic heterocycles. The number of nitrogens with zero attached hydrogens (tertiary/aromatic N) is 1. The molecule has 0 heterocycles. The van der Waals surface area contributed by atoms with E-state index >= 15 is 0 Å². The molecule has 0 unspecified atom stereocenters. The van der Waals surface area contributed by atoms with Crippen molar-refractivity contribution in [1.29, 1.82) is 0 Å². The van der Waals surface area contributed by atoms with Gasteiger partial charge in [-0.2, -0.15) is 0 Å². The van der Waals surface area contributed by atoms with Crippen molar-refractivity contribution in [1.82, 2.24) is 10.2 Å².